The number of nitrogens with zero attached hydrogens (tertiary/aromatic N) is 1. The van der Waals surface area contributed by atoms with Crippen molar-refractivity contribution in [1.82, 2.24) is 5.32 Å². The van der Waals surface area contributed by atoms with E-state index in [9.17, 15) is 4.79 Å². The normalized spacial score (nSPS) is 13.1. The van der Waals surface area contributed by atoms with E-state index >= 15 is 0 Å². The first-order chi connectivity index (χ1) is 12.7. The highest BCUT2D eigenvalue weighted by atomic mass is 16.1. The van der Waals surface area contributed by atoms with Gasteiger partial charge in [-0.05, 0) is 67.3 Å². The molecule has 3 nitrogen and oxygen atoms in total. The number of aryl methyl sites for hydroxylation is 2. The number of benzene rings is 2. The number of nitrogens with one attached hydrogen (secondary N) is 1. The number of hydrogen-bond donors (Lipinski definition) is 1. The zero-order valence-corrected chi connectivity index (χ0v) is 15.8. The average Bonchev–Trinajstić information content (AvgIpc) is 2.68. The number of hydrogen-bond acceptors (Lipinski definition) is 2. The summed E-state index contributed by atoms with van der Waals surface area (Å²) >= 11 is 0. The molecule has 1 aliphatic rings. The fourth-order valence-electron chi connectivity index (χ4n) is 3.66. The molecule has 1 N–H and O–H groups in total. The molecule has 1 amide bonds. The smallest absolute Gasteiger partial charge is 0.224 e. The molecule has 0 aromatic heterocycles. The van der Waals surface area contributed by atoms with E-state index in [1.54, 1.807) is 0 Å². The average molecular weight is 351 g/mol. The second-order valence-corrected chi connectivity index (χ2v) is 7.30. The molecule has 26 heavy (non-hydrogen) atoms. The van der Waals surface area contributed by atoms with Crippen molar-refractivity contribution in [3.8, 4) is 0 Å². The molecule has 0 heterocycles. The molecule has 3 heteroatoms. The Morgan fingerprint density at radius 2 is 1.77 bits per heavy atom. The first-order valence-electron chi connectivity index (χ1n) is 9.86. The lowest BCUT2D eigenvalue weighted by atomic mass is 9.90. The number of fused-ring (bicyclic) bond motifs is 1. The Kier molecular flexibility index (Phi) is 6.70. The molecular weight excluding hydrogens is 320 g/mol. The van der Waals surface area contributed by atoms with Crippen LogP contribution >= 0.6 is 0 Å². The van der Waals surface area contributed by atoms with Crippen LogP contribution in [0.3, 0.4) is 0 Å². The van der Waals surface area contributed by atoms with Gasteiger partial charge in [-0.25, -0.2) is 0 Å². The van der Waals surface area contributed by atoms with E-state index in [1.165, 1.54) is 42.5 Å². The molecule has 0 atom stereocenters. The predicted octanol–water partition coefficient (Wildman–Crippen LogP) is 4.14. The maximum atomic E-state index is 12.2. The Balaban J connectivity index is 1.34. The lowest BCUT2D eigenvalue weighted by molar-refractivity contribution is -0.120. The highest BCUT2D eigenvalue weighted by Crippen LogP contribution is 2.22. The number of unbranched alkanes of at least 4 members (excludes halogenated alkanes) is 1. The maximum absolute atomic E-state index is 12.2. The monoisotopic (exact) mass is 350 g/mol. The maximum Gasteiger partial charge on any atom is 0.224 e. The number of carbonyl (C=O) groups is 1. The molecule has 138 valence electrons. The first-order valence-corrected chi connectivity index (χ1v) is 9.86. The lowest BCUT2D eigenvalue weighted by Crippen LogP contribution is -2.27. The SMILES string of the molecule is CN(CCCCNC(=O)Cc1ccc2c(c1)CCCC2)c1ccccc1. The van der Waals surface area contributed by atoms with Crippen LogP contribution in [0.2, 0.25) is 0 Å². The minimum atomic E-state index is 0.136. The Bertz CT molecular complexity index is 711. The van der Waals surface area contributed by atoms with Crippen LogP contribution in [-0.2, 0) is 24.1 Å². The summed E-state index contributed by atoms with van der Waals surface area (Å²) in [4.78, 5) is 14.4. The van der Waals surface area contributed by atoms with Gasteiger partial charge in [-0.1, -0.05) is 36.4 Å². The zero-order chi connectivity index (χ0) is 18.2. The summed E-state index contributed by atoms with van der Waals surface area (Å²) < 4.78 is 0. The van der Waals surface area contributed by atoms with Gasteiger partial charge >= 0.3 is 0 Å². The first kappa shape index (κ1) is 18.5. The van der Waals surface area contributed by atoms with Crippen molar-refractivity contribution in [2.75, 3.05) is 25.0 Å². The summed E-state index contributed by atoms with van der Waals surface area (Å²) in [6.07, 6.45) is 7.51. The van der Waals surface area contributed by atoms with E-state index in [1.807, 2.05) is 6.07 Å². The summed E-state index contributed by atoms with van der Waals surface area (Å²) in [7, 11) is 2.12. The predicted molar refractivity (Wildman–Crippen MR) is 109 cm³/mol. The van der Waals surface area contributed by atoms with E-state index in [0.717, 1.165) is 31.5 Å². The van der Waals surface area contributed by atoms with Gasteiger partial charge in [0, 0.05) is 25.8 Å². The zero-order valence-electron chi connectivity index (χ0n) is 15.8. The van der Waals surface area contributed by atoms with Crippen LogP contribution in [0, 0.1) is 0 Å². The van der Waals surface area contributed by atoms with Crippen molar-refractivity contribution in [2.45, 2.75) is 44.9 Å². The molecule has 0 saturated carbocycles. The van der Waals surface area contributed by atoms with E-state index in [2.05, 4.69) is 59.7 Å². The van der Waals surface area contributed by atoms with E-state index in [4.69, 9.17) is 0 Å². The fourth-order valence-corrected chi connectivity index (χ4v) is 3.66. The second-order valence-electron chi connectivity index (χ2n) is 7.30. The molecular formula is C23H30N2O. The highest BCUT2D eigenvalue weighted by Gasteiger charge is 2.11. The van der Waals surface area contributed by atoms with Gasteiger partial charge in [0.2, 0.25) is 5.91 Å². The van der Waals surface area contributed by atoms with Gasteiger partial charge in [0.05, 0.1) is 6.42 Å². The molecule has 0 radical (unpaired) electrons. The van der Waals surface area contributed by atoms with Crippen molar-refractivity contribution in [1.29, 1.82) is 0 Å². The number of rotatable bonds is 8. The summed E-state index contributed by atoms with van der Waals surface area (Å²) in [6.45, 7) is 1.76. The van der Waals surface area contributed by atoms with E-state index in [-0.39, 0.29) is 5.91 Å². The van der Waals surface area contributed by atoms with Gasteiger partial charge in [-0.3, -0.25) is 4.79 Å². The Morgan fingerprint density at radius 1 is 1.00 bits per heavy atom. The molecule has 0 unspecified atom stereocenters. The van der Waals surface area contributed by atoms with Crippen molar-refractivity contribution < 1.29 is 4.79 Å². The third-order valence-electron chi connectivity index (χ3n) is 5.22. The fraction of sp³-hybridized carbons (Fsp3) is 0.435. The molecule has 0 saturated heterocycles. The lowest BCUT2D eigenvalue weighted by Gasteiger charge is -2.19. The molecule has 3 rings (SSSR count). The van der Waals surface area contributed by atoms with Gasteiger partial charge in [0.1, 0.15) is 0 Å². The summed E-state index contributed by atoms with van der Waals surface area (Å²) in [5, 5.41) is 3.07. The van der Waals surface area contributed by atoms with Crippen molar-refractivity contribution in [3.05, 3.63) is 65.2 Å². The molecule has 0 spiro atoms. The molecule has 1 aliphatic carbocycles. The Labute approximate surface area is 157 Å². The van der Waals surface area contributed by atoms with Gasteiger partial charge in [0.15, 0.2) is 0 Å². The summed E-state index contributed by atoms with van der Waals surface area (Å²) in [5.41, 5.74) is 5.31. The van der Waals surface area contributed by atoms with Crippen LogP contribution in [0.5, 0.6) is 0 Å². The summed E-state index contributed by atoms with van der Waals surface area (Å²) in [6, 6.07) is 17.0. The van der Waals surface area contributed by atoms with Crippen LogP contribution in [0.1, 0.15) is 42.4 Å². The Hall–Kier alpha value is -2.29. The highest BCUT2D eigenvalue weighted by molar-refractivity contribution is 5.78. The number of anilines is 1. The molecule has 2 aromatic rings. The third kappa shape index (κ3) is 5.35. The quantitative estimate of drug-likeness (QED) is 0.726. The molecule has 0 bridgehead atoms. The van der Waals surface area contributed by atoms with Gasteiger partial charge in [-0.15, -0.1) is 0 Å². The molecule has 0 fully saturated rings. The molecule has 0 aliphatic heterocycles. The van der Waals surface area contributed by atoms with E-state index in [0.29, 0.717) is 6.42 Å². The van der Waals surface area contributed by atoms with Gasteiger partial charge in [0.25, 0.3) is 0 Å². The van der Waals surface area contributed by atoms with Crippen LogP contribution < -0.4 is 10.2 Å². The van der Waals surface area contributed by atoms with Crippen molar-refractivity contribution >= 4 is 11.6 Å². The van der Waals surface area contributed by atoms with Crippen LogP contribution in [-0.4, -0.2) is 26.0 Å². The van der Waals surface area contributed by atoms with Crippen molar-refractivity contribution in [3.63, 3.8) is 0 Å². The van der Waals surface area contributed by atoms with Crippen LogP contribution in [0.25, 0.3) is 0 Å². The topological polar surface area (TPSA) is 32.3 Å². The van der Waals surface area contributed by atoms with Gasteiger partial charge in [-0.2, -0.15) is 0 Å². The number of carbonyl (C=O) groups excluding carboxylic acids is 1. The standard InChI is InChI=1S/C23H30N2O/c1-25(22-11-3-2-4-12-22)16-8-7-15-24-23(26)18-19-13-14-20-9-5-6-10-21(20)17-19/h2-4,11-14,17H,5-10,15-16,18H2,1H3,(H,24,26). The van der Waals surface area contributed by atoms with Crippen LogP contribution in [0.15, 0.2) is 48.5 Å². The summed E-state index contributed by atoms with van der Waals surface area (Å²) in [5.74, 6) is 0.136. The Morgan fingerprint density at radius 3 is 2.58 bits per heavy atom. The van der Waals surface area contributed by atoms with Gasteiger partial charge < -0.3 is 10.2 Å². The minimum Gasteiger partial charge on any atom is -0.375 e. The third-order valence-corrected chi connectivity index (χ3v) is 5.22. The second kappa shape index (κ2) is 9.42. The van der Waals surface area contributed by atoms with Crippen molar-refractivity contribution in [2.24, 2.45) is 0 Å². The number of para-hydroxylation sites is 1. The van der Waals surface area contributed by atoms with Crippen LogP contribution in [0.4, 0.5) is 5.69 Å². The number of amides is 1. The largest absolute Gasteiger partial charge is 0.375 e. The van der Waals surface area contributed by atoms with E-state index < -0.39 is 0 Å². The minimum absolute atomic E-state index is 0.136. The molecule has 2 aromatic carbocycles.